The Hall–Kier alpha value is -1.36. The molecule has 30 heavy (non-hydrogen) atoms. The first kappa shape index (κ1) is 19.3. The van der Waals surface area contributed by atoms with Crippen LogP contribution < -0.4 is 4.90 Å². The molecule has 7 rings (SSSR count). The summed E-state index contributed by atoms with van der Waals surface area (Å²) in [7, 11) is 2.24. The van der Waals surface area contributed by atoms with E-state index in [0.717, 1.165) is 36.7 Å². The van der Waals surface area contributed by atoms with Crippen LogP contribution in [0.3, 0.4) is 0 Å². The summed E-state index contributed by atoms with van der Waals surface area (Å²) in [5.41, 5.74) is 3.88. The molecule has 4 heteroatoms. The van der Waals surface area contributed by atoms with Crippen LogP contribution in [0.1, 0.15) is 52.0 Å². The van der Waals surface area contributed by atoms with Gasteiger partial charge in [0.05, 0.1) is 30.1 Å². The highest BCUT2D eigenvalue weighted by molar-refractivity contribution is 5.66. The largest absolute Gasteiger partial charge is 0.392 e. The molecule has 6 aliphatic rings. The summed E-state index contributed by atoms with van der Waals surface area (Å²) in [6, 6.07) is 9.89. The van der Waals surface area contributed by atoms with Crippen LogP contribution in [-0.4, -0.2) is 58.7 Å². The molecule has 162 valence electrons. The Bertz CT molecular complexity index is 910. The van der Waals surface area contributed by atoms with Gasteiger partial charge in [-0.25, -0.2) is 0 Å². The summed E-state index contributed by atoms with van der Waals surface area (Å²) in [4.78, 5) is 2.48. The van der Waals surface area contributed by atoms with E-state index in [4.69, 9.17) is 0 Å². The van der Waals surface area contributed by atoms with Gasteiger partial charge in [0.2, 0.25) is 0 Å². The smallest absolute Gasteiger partial charge is 0.194 e. The van der Waals surface area contributed by atoms with Gasteiger partial charge in [0, 0.05) is 43.8 Å². The first-order valence-electron chi connectivity index (χ1n) is 12.1. The average molecular weight is 410 g/mol. The predicted molar refractivity (Wildman–Crippen MR) is 119 cm³/mol. The molecule has 2 unspecified atom stereocenters. The minimum absolute atomic E-state index is 0.152. The molecule has 4 nitrogen and oxygen atoms in total. The van der Waals surface area contributed by atoms with Crippen molar-refractivity contribution in [1.29, 1.82) is 0 Å². The average Bonchev–Trinajstić information content (AvgIpc) is 3.11. The normalized spacial score (nSPS) is 49.3. The van der Waals surface area contributed by atoms with Gasteiger partial charge in [0.25, 0.3) is 0 Å². The van der Waals surface area contributed by atoms with Crippen LogP contribution in [0.15, 0.2) is 35.9 Å². The van der Waals surface area contributed by atoms with E-state index >= 15 is 0 Å². The van der Waals surface area contributed by atoms with Crippen molar-refractivity contribution in [2.75, 3.05) is 18.5 Å². The molecule has 5 bridgehead atoms. The van der Waals surface area contributed by atoms with Gasteiger partial charge in [-0.15, -0.1) is 0 Å². The molecule has 1 aliphatic carbocycles. The number of nitrogens with zero attached hydrogens (tertiary/aromatic N) is 2. The lowest BCUT2D eigenvalue weighted by atomic mass is 9.60. The number of quaternary nitrogens is 1. The number of rotatable bonds is 4. The zero-order chi connectivity index (χ0) is 21.0. The van der Waals surface area contributed by atoms with Crippen molar-refractivity contribution in [1.82, 2.24) is 0 Å². The van der Waals surface area contributed by atoms with Crippen LogP contribution in [0.4, 0.5) is 5.69 Å². The van der Waals surface area contributed by atoms with E-state index in [9.17, 15) is 10.2 Å². The number of allylic oxidation sites excluding steroid dienone is 1. The van der Waals surface area contributed by atoms with E-state index < -0.39 is 0 Å². The summed E-state index contributed by atoms with van der Waals surface area (Å²) in [6.45, 7) is 7.59. The SMILES string of the molecule is CC[C@H]1[C@H]2CC3[C@@H]4N(C)c5ccccc5[C@]45C[C@@H]([C@H]2[C@@H]5O)[N+]3(CCC=C(C)C)[C@@H]1O. The van der Waals surface area contributed by atoms with Crippen molar-refractivity contribution in [2.24, 2.45) is 17.8 Å². The number of para-hydroxylation sites is 1. The molecule has 0 radical (unpaired) electrons. The molecule has 10 atom stereocenters. The summed E-state index contributed by atoms with van der Waals surface area (Å²) in [6.07, 6.45) is 5.99. The predicted octanol–water partition coefficient (Wildman–Crippen LogP) is 3.43. The number of hydrogen-bond acceptors (Lipinski definition) is 3. The Morgan fingerprint density at radius 2 is 2.00 bits per heavy atom. The number of aliphatic hydroxyl groups excluding tert-OH is 2. The number of aliphatic hydroxyl groups is 2. The van der Waals surface area contributed by atoms with Gasteiger partial charge in [0.15, 0.2) is 6.23 Å². The Kier molecular flexibility index (Phi) is 3.94. The second kappa shape index (κ2) is 6.11. The summed E-state index contributed by atoms with van der Waals surface area (Å²) < 4.78 is 0.839. The zero-order valence-corrected chi connectivity index (χ0v) is 18.8. The third kappa shape index (κ3) is 1.91. The zero-order valence-electron chi connectivity index (χ0n) is 18.8. The molecule has 0 aromatic heterocycles. The van der Waals surface area contributed by atoms with Crippen molar-refractivity contribution < 1.29 is 14.7 Å². The number of benzene rings is 1. The molecule has 1 aromatic rings. The maximum Gasteiger partial charge on any atom is 0.194 e. The molecule has 0 amide bonds. The fraction of sp³-hybridized carbons (Fsp3) is 0.692. The fourth-order valence-electron chi connectivity index (χ4n) is 9.42. The van der Waals surface area contributed by atoms with Gasteiger partial charge in [-0.1, -0.05) is 36.8 Å². The summed E-state index contributed by atoms with van der Waals surface area (Å²) in [5.74, 6) is 1.10. The van der Waals surface area contributed by atoms with Gasteiger partial charge < -0.3 is 15.1 Å². The molecular formula is C26H37N2O2+. The third-order valence-electron chi connectivity index (χ3n) is 10.2. The van der Waals surface area contributed by atoms with Crippen molar-refractivity contribution in [3.8, 4) is 0 Å². The molecule has 1 spiro atoms. The van der Waals surface area contributed by atoms with Crippen LogP contribution in [-0.2, 0) is 5.41 Å². The topological polar surface area (TPSA) is 43.7 Å². The van der Waals surface area contributed by atoms with Gasteiger partial charge in [0.1, 0.15) is 6.04 Å². The molecule has 4 saturated heterocycles. The van der Waals surface area contributed by atoms with Crippen molar-refractivity contribution in [3.63, 3.8) is 0 Å². The molecule has 5 fully saturated rings. The van der Waals surface area contributed by atoms with Crippen LogP contribution in [0.25, 0.3) is 0 Å². The second-order valence-electron chi connectivity index (χ2n) is 11.1. The van der Waals surface area contributed by atoms with Gasteiger partial charge in [-0.2, -0.15) is 0 Å². The number of anilines is 1. The number of hydrogen-bond donors (Lipinski definition) is 2. The molecule has 1 saturated carbocycles. The second-order valence-corrected chi connectivity index (χ2v) is 11.1. The first-order chi connectivity index (χ1) is 14.4. The lowest BCUT2D eigenvalue weighted by Gasteiger charge is -2.68. The van der Waals surface area contributed by atoms with E-state index in [1.54, 1.807) is 0 Å². The standard InChI is InChI=1S/C26H37N2O2/c1-5-16-17-13-20-23-26(18-10-6-7-11-19(18)27(23)4)14-21(22(17)24(26)29)28(20,25(16)30)12-8-9-15(2)3/h6-7,9-11,16-17,20-25,29-30H,5,8,12-14H2,1-4H3/q+1/t16-,17+,20?,21-,22-,23-,24-,25+,26+,28?/m0/s1. The molecule has 2 N–H and O–H groups in total. The lowest BCUT2D eigenvalue weighted by molar-refractivity contribution is -1.04. The van der Waals surface area contributed by atoms with Gasteiger partial charge in [-0.3, -0.25) is 4.48 Å². The van der Waals surface area contributed by atoms with Crippen LogP contribution in [0, 0.1) is 17.8 Å². The number of likely N-dealkylation sites (N-methyl/N-ethyl adjacent to an activating group) is 1. The highest BCUT2D eigenvalue weighted by atomic mass is 16.3. The van der Waals surface area contributed by atoms with E-state index in [1.165, 1.54) is 16.8 Å². The Morgan fingerprint density at radius 3 is 2.73 bits per heavy atom. The van der Waals surface area contributed by atoms with Crippen molar-refractivity contribution in [2.45, 2.75) is 82.3 Å². The van der Waals surface area contributed by atoms with E-state index in [0.29, 0.717) is 29.8 Å². The maximum absolute atomic E-state index is 12.0. The quantitative estimate of drug-likeness (QED) is 0.592. The highest BCUT2D eigenvalue weighted by Crippen LogP contribution is 2.71. The van der Waals surface area contributed by atoms with Gasteiger partial charge >= 0.3 is 0 Å². The first-order valence-corrected chi connectivity index (χ1v) is 12.1. The highest BCUT2D eigenvalue weighted by Gasteiger charge is 2.82. The van der Waals surface area contributed by atoms with Crippen LogP contribution in [0.2, 0.25) is 0 Å². The Balaban J connectivity index is 1.55. The molecular weight excluding hydrogens is 372 g/mol. The monoisotopic (exact) mass is 409 g/mol. The number of piperidine rings is 4. The minimum atomic E-state index is -0.293. The molecule has 1 aromatic carbocycles. The van der Waals surface area contributed by atoms with Crippen LogP contribution in [0.5, 0.6) is 0 Å². The maximum atomic E-state index is 12.0. The summed E-state index contributed by atoms with van der Waals surface area (Å²) >= 11 is 0. The Labute approximate surface area is 180 Å². The van der Waals surface area contributed by atoms with E-state index in [-0.39, 0.29) is 23.8 Å². The van der Waals surface area contributed by atoms with Crippen LogP contribution >= 0.6 is 0 Å². The fourth-order valence-corrected chi connectivity index (χ4v) is 9.42. The van der Waals surface area contributed by atoms with Crippen molar-refractivity contribution in [3.05, 3.63) is 41.5 Å². The minimum Gasteiger partial charge on any atom is -0.392 e. The van der Waals surface area contributed by atoms with Crippen molar-refractivity contribution >= 4 is 5.69 Å². The number of fused-ring (bicyclic) bond motifs is 2. The molecule has 5 aliphatic heterocycles. The van der Waals surface area contributed by atoms with E-state index in [1.807, 2.05) is 0 Å². The third-order valence-corrected chi connectivity index (χ3v) is 10.2. The summed E-state index contributed by atoms with van der Waals surface area (Å²) in [5, 5.41) is 23.9. The lowest BCUT2D eigenvalue weighted by Crippen LogP contribution is -2.83. The van der Waals surface area contributed by atoms with Gasteiger partial charge in [-0.05, 0) is 37.8 Å². The Morgan fingerprint density at radius 1 is 1.23 bits per heavy atom. The molecule has 5 heterocycles. The van der Waals surface area contributed by atoms with E-state index in [2.05, 4.69) is 63.1 Å².